The van der Waals surface area contributed by atoms with E-state index in [0.29, 0.717) is 19.8 Å². The maximum atomic E-state index is 13.7. The van der Waals surface area contributed by atoms with Crippen LogP contribution in [0, 0.1) is 0 Å². The number of carbonyl (C=O) groups is 2. The Kier molecular flexibility index (Phi) is 12.3. The lowest BCUT2D eigenvalue weighted by molar-refractivity contribution is -0.154. The second kappa shape index (κ2) is 17.3. The third-order valence-electron chi connectivity index (χ3n) is 7.91. The van der Waals surface area contributed by atoms with Crippen LogP contribution in [0.5, 0.6) is 0 Å². The Morgan fingerprint density at radius 1 is 0.609 bits per heavy atom. The van der Waals surface area contributed by atoms with E-state index in [2.05, 4.69) is 5.32 Å². The normalized spacial score (nSPS) is 19.6. The molecular formula is C38H42N2O6. The maximum Gasteiger partial charge on any atom is 0.410 e. The fourth-order valence-electron chi connectivity index (χ4n) is 5.45. The van der Waals surface area contributed by atoms with Gasteiger partial charge in [0.2, 0.25) is 5.91 Å². The zero-order valence-electron chi connectivity index (χ0n) is 26.2. The molecule has 1 aliphatic rings. The molecule has 1 heterocycles. The van der Waals surface area contributed by atoms with Crippen LogP contribution < -0.4 is 5.32 Å². The van der Waals surface area contributed by atoms with E-state index >= 15 is 0 Å². The van der Waals surface area contributed by atoms with Gasteiger partial charge in [0.1, 0.15) is 24.9 Å². The molecule has 8 nitrogen and oxygen atoms in total. The molecule has 8 heteroatoms. The Morgan fingerprint density at radius 2 is 1.04 bits per heavy atom. The molecule has 4 atom stereocenters. The fourth-order valence-corrected chi connectivity index (χ4v) is 5.45. The van der Waals surface area contributed by atoms with E-state index < -0.39 is 30.4 Å². The van der Waals surface area contributed by atoms with Crippen molar-refractivity contribution in [1.82, 2.24) is 10.2 Å². The summed E-state index contributed by atoms with van der Waals surface area (Å²) in [5.74, 6) is -0.152. The van der Waals surface area contributed by atoms with Gasteiger partial charge in [0, 0.05) is 13.0 Å². The first-order chi connectivity index (χ1) is 22.6. The van der Waals surface area contributed by atoms with Gasteiger partial charge in [-0.05, 0) is 22.3 Å². The lowest BCUT2D eigenvalue weighted by Gasteiger charge is -2.35. The van der Waals surface area contributed by atoms with Gasteiger partial charge in [0.15, 0.2) is 0 Å². The zero-order chi connectivity index (χ0) is 32.0. The number of carbonyl (C=O) groups excluding carboxylic acids is 2. The SMILES string of the molecule is CCC(=O)N[C@H]1CN(C(=O)OCc2ccccc2)C[C@H](OCc2ccccc2)[C@@H](OCc2ccccc2)[C@@H]1OCc1ccccc1. The highest BCUT2D eigenvalue weighted by Crippen LogP contribution is 2.26. The largest absolute Gasteiger partial charge is 0.445 e. The molecule has 1 fully saturated rings. The molecule has 240 valence electrons. The van der Waals surface area contributed by atoms with Gasteiger partial charge in [-0.3, -0.25) is 4.79 Å². The number of rotatable bonds is 13. The van der Waals surface area contributed by atoms with E-state index in [1.807, 2.05) is 121 Å². The fraction of sp³-hybridized carbons (Fsp3) is 0.316. The van der Waals surface area contributed by atoms with Crippen molar-refractivity contribution in [2.45, 2.75) is 64.1 Å². The molecule has 4 aromatic rings. The van der Waals surface area contributed by atoms with Gasteiger partial charge in [-0.1, -0.05) is 128 Å². The maximum absolute atomic E-state index is 13.7. The smallest absolute Gasteiger partial charge is 0.410 e. The highest BCUT2D eigenvalue weighted by molar-refractivity contribution is 5.76. The quantitative estimate of drug-likeness (QED) is 0.189. The number of hydrogen-bond donors (Lipinski definition) is 1. The molecule has 0 spiro atoms. The van der Waals surface area contributed by atoms with Crippen molar-refractivity contribution < 1.29 is 28.5 Å². The number of benzene rings is 4. The van der Waals surface area contributed by atoms with Gasteiger partial charge >= 0.3 is 6.09 Å². The number of hydrogen-bond acceptors (Lipinski definition) is 6. The predicted octanol–water partition coefficient (Wildman–Crippen LogP) is 6.29. The Balaban J connectivity index is 1.47. The van der Waals surface area contributed by atoms with Crippen molar-refractivity contribution in [3.8, 4) is 0 Å². The molecular weight excluding hydrogens is 580 g/mol. The van der Waals surface area contributed by atoms with Gasteiger partial charge < -0.3 is 29.2 Å². The van der Waals surface area contributed by atoms with Crippen LogP contribution in [0.2, 0.25) is 0 Å². The first-order valence-electron chi connectivity index (χ1n) is 15.8. The van der Waals surface area contributed by atoms with Crippen molar-refractivity contribution in [3.05, 3.63) is 144 Å². The average Bonchev–Trinajstić information content (AvgIpc) is 3.25. The average molecular weight is 623 g/mol. The molecule has 1 N–H and O–H groups in total. The highest BCUT2D eigenvalue weighted by Gasteiger charge is 2.44. The van der Waals surface area contributed by atoms with Gasteiger partial charge in [-0.15, -0.1) is 0 Å². The Labute approximate surface area is 271 Å². The third-order valence-corrected chi connectivity index (χ3v) is 7.91. The predicted molar refractivity (Wildman–Crippen MR) is 175 cm³/mol. The van der Waals surface area contributed by atoms with Crippen LogP contribution in [-0.2, 0) is 50.2 Å². The summed E-state index contributed by atoms with van der Waals surface area (Å²) >= 11 is 0. The van der Waals surface area contributed by atoms with Gasteiger partial charge in [0.05, 0.1) is 32.4 Å². The lowest BCUT2D eigenvalue weighted by atomic mass is 10.0. The van der Waals surface area contributed by atoms with E-state index in [1.54, 1.807) is 11.8 Å². The number of amides is 2. The first kappa shape index (κ1) is 32.9. The molecule has 0 bridgehead atoms. The lowest BCUT2D eigenvalue weighted by Crippen LogP contribution is -2.55. The van der Waals surface area contributed by atoms with Crippen molar-refractivity contribution in [2.75, 3.05) is 13.1 Å². The molecule has 0 radical (unpaired) electrons. The topological polar surface area (TPSA) is 86.3 Å². The summed E-state index contributed by atoms with van der Waals surface area (Å²) in [5, 5.41) is 3.13. The zero-order valence-corrected chi connectivity index (χ0v) is 26.2. The summed E-state index contributed by atoms with van der Waals surface area (Å²) < 4.78 is 25.7. The van der Waals surface area contributed by atoms with Crippen LogP contribution in [0.4, 0.5) is 4.79 Å². The van der Waals surface area contributed by atoms with Crippen molar-refractivity contribution in [1.29, 1.82) is 0 Å². The molecule has 1 aliphatic heterocycles. The van der Waals surface area contributed by atoms with Gasteiger partial charge in [-0.25, -0.2) is 4.79 Å². The summed E-state index contributed by atoms with van der Waals surface area (Å²) in [5.41, 5.74) is 3.84. The minimum absolute atomic E-state index is 0.125. The summed E-state index contributed by atoms with van der Waals surface area (Å²) in [6.45, 7) is 3.17. The molecule has 0 saturated carbocycles. The monoisotopic (exact) mass is 622 g/mol. The summed E-state index contributed by atoms with van der Waals surface area (Å²) in [7, 11) is 0. The van der Waals surface area contributed by atoms with Crippen molar-refractivity contribution >= 4 is 12.0 Å². The standard InChI is InChI=1S/C38H42N2O6/c1-2-35(41)39-33-23-40(38(42)46-28-32-21-13-6-14-22-32)24-34(43-25-29-15-7-3-8-16-29)37(45-27-31-19-11-5-12-20-31)36(33)44-26-30-17-9-4-10-18-30/h3-22,33-34,36-37H,2,23-28H2,1H3,(H,39,41)/t33-,34-,36+,37+/m0/s1. The highest BCUT2D eigenvalue weighted by atomic mass is 16.6. The van der Waals surface area contributed by atoms with Crippen LogP contribution in [0.25, 0.3) is 0 Å². The Bertz CT molecular complexity index is 1470. The molecule has 0 unspecified atom stereocenters. The Morgan fingerprint density at radius 3 is 1.52 bits per heavy atom. The molecule has 0 aliphatic carbocycles. The summed E-state index contributed by atoms with van der Waals surface area (Å²) in [6.07, 6.45) is -2.10. The van der Waals surface area contributed by atoms with E-state index in [-0.39, 0.29) is 32.0 Å². The van der Waals surface area contributed by atoms with Crippen LogP contribution in [0.15, 0.2) is 121 Å². The summed E-state index contributed by atoms with van der Waals surface area (Å²) in [6, 6.07) is 38.6. The van der Waals surface area contributed by atoms with Crippen LogP contribution in [0.1, 0.15) is 35.6 Å². The minimum Gasteiger partial charge on any atom is -0.445 e. The molecule has 1 saturated heterocycles. The summed E-state index contributed by atoms with van der Waals surface area (Å²) in [4.78, 5) is 28.2. The third kappa shape index (κ3) is 9.75. The van der Waals surface area contributed by atoms with Gasteiger partial charge in [-0.2, -0.15) is 0 Å². The van der Waals surface area contributed by atoms with E-state index in [4.69, 9.17) is 18.9 Å². The number of nitrogens with zero attached hydrogens (tertiary/aromatic N) is 1. The number of ether oxygens (including phenoxy) is 4. The molecule has 5 rings (SSSR count). The van der Waals surface area contributed by atoms with E-state index in [0.717, 1.165) is 22.3 Å². The molecule has 0 aromatic heterocycles. The minimum atomic E-state index is -0.646. The van der Waals surface area contributed by atoms with Crippen LogP contribution >= 0.6 is 0 Å². The molecule has 4 aromatic carbocycles. The first-order valence-corrected chi connectivity index (χ1v) is 15.8. The van der Waals surface area contributed by atoms with Crippen LogP contribution in [0.3, 0.4) is 0 Å². The second-order valence-corrected chi connectivity index (χ2v) is 11.3. The number of nitrogens with one attached hydrogen (secondary N) is 1. The Hall–Kier alpha value is -4.50. The van der Waals surface area contributed by atoms with Crippen molar-refractivity contribution in [2.24, 2.45) is 0 Å². The second-order valence-electron chi connectivity index (χ2n) is 11.3. The molecule has 46 heavy (non-hydrogen) atoms. The number of likely N-dealkylation sites (tertiary alicyclic amines) is 1. The van der Waals surface area contributed by atoms with Crippen LogP contribution in [-0.4, -0.2) is 54.3 Å². The van der Waals surface area contributed by atoms with Gasteiger partial charge in [0.25, 0.3) is 0 Å². The van der Waals surface area contributed by atoms with E-state index in [1.165, 1.54) is 0 Å². The van der Waals surface area contributed by atoms with Crippen molar-refractivity contribution in [3.63, 3.8) is 0 Å². The molecule has 2 amide bonds. The van der Waals surface area contributed by atoms with E-state index in [9.17, 15) is 9.59 Å².